The molecule has 0 radical (unpaired) electrons. The summed E-state index contributed by atoms with van der Waals surface area (Å²) in [5, 5.41) is 0.490. The third-order valence-corrected chi connectivity index (χ3v) is 5.76. The molecule has 158 valence electrons. The summed E-state index contributed by atoms with van der Waals surface area (Å²) < 4.78 is 24.3. The topological polar surface area (TPSA) is 59.1 Å². The molecule has 30 heavy (non-hydrogen) atoms. The number of hydrogen-bond donors (Lipinski definition) is 0. The van der Waals surface area contributed by atoms with Crippen molar-refractivity contribution >= 4 is 29.1 Å². The van der Waals surface area contributed by atoms with Gasteiger partial charge in [-0.25, -0.2) is 4.39 Å². The van der Waals surface area contributed by atoms with E-state index in [1.807, 2.05) is 0 Å². The molecule has 0 aromatic heterocycles. The predicted octanol–water partition coefficient (Wildman–Crippen LogP) is 3.44. The second-order valence-corrected chi connectivity index (χ2v) is 7.85. The van der Waals surface area contributed by atoms with Gasteiger partial charge < -0.3 is 19.3 Å². The van der Waals surface area contributed by atoms with Crippen molar-refractivity contribution in [2.75, 3.05) is 38.3 Å². The molecule has 2 aliphatic rings. The summed E-state index contributed by atoms with van der Waals surface area (Å²) in [4.78, 5) is 29.1. The molecule has 0 N–H and O–H groups in total. The van der Waals surface area contributed by atoms with Crippen molar-refractivity contribution in [1.29, 1.82) is 0 Å². The van der Waals surface area contributed by atoms with Gasteiger partial charge in [0.2, 0.25) is 11.8 Å². The van der Waals surface area contributed by atoms with E-state index in [0.29, 0.717) is 36.2 Å². The molecule has 0 aliphatic carbocycles. The predicted molar refractivity (Wildman–Crippen MR) is 110 cm³/mol. The quantitative estimate of drug-likeness (QED) is 0.742. The Bertz CT molecular complexity index is 953. The lowest BCUT2D eigenvalue weighted by Gasteiger charge is -2.34. The van der Waals surface area contributed by atoms with E-state index in [4.69, 9.17) is 21.1 Å². The maximum Gasteiger partial charge on any atom is 0.228 e. The van der Waals surface area contributed by atoms with E-state index < -0.39 is 5.92 Å². The van der Waals surface area contributed by atoms with Crippen LogP contribution in [0.2, 0.25) is 5.02 Å². The Balaban J connectivity index is 1.47. The first-order valence-electron chi connectivity index (χ1n) is 9.76. The summed E-state index contributed by atoms with van der Waals surface area (Å²) >= 11 is 6.10. The van der Waals surface area contributed by atoms with Gasteiger partial charge in [0.05, 0.1) is 31.9 Å². The van der Waals surface area contributed by atoms with E-state index in [9.17, 15) is 14.0 Å². The van der Waals surface area contributed by atoms with Crippen LogP contribution in [0.4, 0.5) is 10.1 Å². The molecular formula is C22H22ClFN2O4. The molecule has 2 unspecified atom stereocenters. The summed E-state index contributed by atoms with van der Waals surface area (Å²) in [6, 6.07) is 11.2. The number of amides is 2. The lowest BCUT2D eigenvalue weighted by atomic mass is 10.0. The van der Waals surface area contributed by atoms with Crippen LogP contribution in [0.5, 0.6) is 5.75 Å². The average Bonchev–Trinajstić information content (AvgIpc) is 3.15. The number of anilines is 1. The Morgan fingerprint density at radius 2 is 1.97 bits per heavy atom. The van der Waals surface area contributed by atoms with Crippen LogP contribution in [-0.4, -0.2) is 50.1 Å². The van der Waals surface area contributed by atoms with Crippen LogP contribution in [-0.2, 0) is 14.3 Å². The van der Waals surface area contributed by atoms with Crippen molar-refractivity contribution in [2.24, 2.45) is 5.92 Å². The minimum Gasteiger partial charge on any atom is -0.495 e. The highest BCUT2D eigenvalue weighted by atomic mass is 35.5. The van der Waals surface area contributed by atoms with Gasteiger partial charge in [0.25, 0.3) is 0 Å². The zero-order valence-electron chi connectivity index (χ0n) is 16.5. The number of methoxy groups -OCH3 is 1. The third kappa shape index (κ3) is 4.13. The lowest BCUT2D eigenvalue weighted by molar-refractivity contribution is -0.143. The van der Waals surface area contributed by atoms with E-state index in [-0.39, 0.29) is 36.7 Å². The first kappa shape index (κ1) is 20.6. The summed E-state index contributed by atoms with van der Waals surface area (Å²) in [7, 11) is 1.53. The highest BCUT2D eigenvalue weighted by molar-refractivity contribution is 6.31. The number of nitrogens with zero attached hydrogens (tertiary/aromatic N) is 2. The van der Waals surface area contributed by atoms with Gasteiger partial charge in [-0.15, -0.1) is 0 Å². The van der Waals surface area contributed by atoms with Gasteiger partial charge in [0, 0.05) is 24.5 Å². The number of benzene rings is 2. The molecule has 8 heteroatoms. The number of rotatable bonds is 4. The smallest absolute Gasteiger partial charge is 0.228 e. The van der Waals surface area contributed by atoms with Crippen LogP contribution < -0.4 is 9.64 Å². The van der Waals surface area contributed by atoms with Gasteiger partial charge in [-0.1, -0.05) is 23.7 Å². The normalized spacial score (nSPS) is 21.8. The molecule has 2 fully saturated rings. The number of hydrogen-bond acceptors (Lipinski definition) is 4. The summed E-state index contributed by atoms with van der Waals surface area (Å²) in [6.07, 6.45) is -0.183. The molecule has 2 saturated heterocycles. The van der Waals surface area contributed by atoms with E-state index in [1.165, 1.54) is 19.2 Å². The van der Waals surface area contributed by atoms with Crippen LogP contribution in [0.15, 0.2) is 42.5 Å². The summed E-state index contributed by atoms with van der Waals surface area (Å²) in [5.41, 5.74) is 1.39. The maximum atomic E-state index is 13.2. The zero-order valence-corrected chi connectivity index (χ0v) is 17.3. The molecule has 2 aliphatic heterocycles. The number of carbonyl (C=O) groups excluding carboxylic acids is 2. The Hall–Kier alpha value is -2.64. The number of halogens is 2. The minimum atomic E-state index is -0.451. The molecule has 0 bridgehead atoms. The monoisotopic (exact) mass is 432 g/mol. The maximum absolute atomic E-state index is 13.2. The first-order valence-corrected chi connectivity index (χ1v) is 10.1. The minimum absolute atomic E-state index is 0.0812. The number of morpholine rings is 1. The highest BCUT2D eigenvalue weighted by Crippen LogP contribution is 2.36. The average molecular weight is 433 g/mol. The number of carbonyl (C=O) groups is 2. The van der Waals surface area contributed by atoms with E-state index in [0.717, 1.165) is 5.56 Å². The Morgan fingerprint density at radius 1 is 1.20 bits per heavy atom. The summed E-state index contributed by atoms with van der Waals surface area (Å²) in [5.74, 6) is -0.459. The Labute approximate surface area is 179 Å². The molecule has 6 nitrogen and oxygen atoms in total. The van der Waals surface area contributed by atoms with Gasteiger partial charge in [-0.2, -0.15) is 0 Å². The Kier molecular flexibility index (Phi) is 5.92. The van der Waals surface area contributed by atoms with E-state index >= 15 is 0 Å². The lowest BCUT2D eigenvalue weighted by Crippen LogP contribution is -2.45. The largest absolute Gasteiger partial charge is 0.495 e. The fourth-order valence-electron chi connectivity index (χ4n) is 3.97. The van der Waals surface area contributed by atoms with Gasteiger partial charge in [0.15, 0.2) is 0 Å². The first-order chi connectivity index (χ1) is 14.5. The molecule has 4 rings (SSSR count). The van der Waals surface area contributed by atoms with Crippen molar-refractivity contribution in [3.05, 3.63) is 58.9 Å². The van der Waals surface area contributed by atoms with Crippen LogP contribution in [0.25, 0.3) is 0 Å². The second-order valence-electron chi connectivity index (χ2n) is 7.42. The van der Waals surface area contributed by atoms with Crippen molar-refractivity contribution in [3.63, 3.8) is 0 Å². The van der Waals surface area contributed by atoms with Crippen molar-refractivity contribution in [3.8, 4) is 5.75 Å². The highest BCUT2D eigenvalue weighted by Gasteiger charge is 2.39. The molecule has 2 amide bonds. The molecule has 2 heterocycles. The van der Waals surface area contributed by atoms with Crippen LogP contribution in [0.3, 0.4) is 0 Å². The van der Waals surface area contributed by atoms with Crippen molar-refractivity contribution in [2.45, 2.75) is 12.5 Å². The standard InChI is InChI=1S/C22H22ClFN2O4/c1-29-19-7-4-16(23)11-18(19)26-12-15(10-21(26)27)22(28)25-8-9-30-20(13-25)14-2-5-17(24)6-3-14/h2-7,11,15,20H,8-10,12-13H2,1H3. The fraction of sp³-hybridized carbons (Fsp3) is 0.364. The van der Waals surface area contributed by atoms with Crippen LogP contribution in [0, 0.1) is 11.7 Å². The Morgan fingerprint density at radius 3 is 2.70 bits per heavy atom. The SMILES string of the molecule is COc1ccc(Cl)cc1N1CC(C(=O)N2CCOC(c3ccc(F)cc3)C2)CC1=O. The van der Waals surface area contributed by atoms with Crippen molar-refractivity contribution in [1.82, 2.24) is 4.90 Å². The van der Waals surface area contributed by atoms with E-state index in [1.54, 1.807) is 40.1 Å². The van der Waals surface area contributed by atoms with Crippen molar-refractivity contribution < 1.29 is 23.5 Å². The van der Waals surface area contributed by atoms with Gasteiger partial charge in [-0.3, -0.25) is 9.59 Å². The fourth-order valence-corrected chi connectivity index (χ4v) is 4.13. The zero-order chi connectivity index (χ0) is 21.3. The van der Waals surface area contributed by atoms with Crippen LogP contribution in [0.1, 0.15) is 18.1 Å². The molecular weight excluding hydrogens is 411 g/mol. The molecule has 2 aromatic carbocycles. The molecule has 2 atom stereocenters. The molecule has 0 spiro atoms. The van der Waals surface area contributed by atoms with Gasteiger partial charge in [-0.05, 0) is 35.9 Å². The second kappa shape index (κ2) is 8.62. The van der Waals surface area contributed by atoms with E-state index in [2.05, 4.69) is 0 Å². The number of ether oxygens (including phenoxy) is 2. The molecule has 0 saturated carbocycles. The van der Waals surface area contributed by atoms with Gasteiger partial charge in [0.1, 0.15) is 17.7 Å². The molecule has 2 aromatic rings. The van der Waals surface area contributed by atoms with Gasteiger partial charge >= 0.3 is 0 Å². The third-order valence-electron chi connectivity index (χ3n) is 5.53. The van der Waals surface area contributed by atoms with Crippen LogP contribution >= 0.6 is 11.6 Å². The summed E-state index contributed by atoms with van der Waals surface area (Å²) in [6.45, 7) is 1.49.